The van der Waals surface area contributed by atoms with Crippen LogP contribution in [0.5, 0.6) is 0 Å². The molecule has 0 bridgehead atoms. The first-order valence-corrected chi connectivity index (χ1v) is 9.20. The summed E-state index contributed by atoms with van der Waals surface area (Å²) in [5, 5.41) is 15.9. The van der Waals surface area contributed by atoms with Crippen LogP contribution in [0.1, 0.15) is 11.1 Å². The first-order valence-electron chi connectivity index (χ1n) is 8.00. The van der Waals surface area contributed by atoms with Crippen LogP contribution in [0.2, 0.25) is 0 Å². The van der Waals surface area contributed by atoms with Gasteiger partial charge in [0.15, 0.2) is 0 Å². The number of halogens is 1. The van der Waals surface area contributed by atoms with Crippen molar-refractivity contribution >= 4 is 28.1 Å². The average Bonchev–Trinajstić information content (AvgIpc) is 3.24. The molecule has 0 radical (unpaired) electrons. The smallest absolute Gasteiger partial charge is 0.209 e. The molecule has 8 heteroatoms. The molecule has 6 nitrogen and oxygen atoms in total. The molecule has 0 aliphatic heterocycles. The van der Waals surface area contributed by atoms with Crippen LogP contribution in [0.4, 0.5) is 0 Å². The van der Waals surface area contributed by atoms with Crippen molar-refractivity contribution in [2.24, 2.45) is 0 Å². The Bertz CT molecular complexity index is 1090. The van der Waals surface area contributed by atoms with Crippen molar-refractivity contribution in [3.63, 3.8) is 0 Å². The zero-order chi connectivity index (χ0) is 18.1. The third kappa shape index (κ3) is 3.38. The summed E-state index contributed by atoms with van der Waals surface area (Å²) in [5.74, 6) is 0.509. The van der Waals surface area contributed by atoms with E-state index in [4.69, 9.17) is 12.2 Å². The molecule has 0 aliphatic carbocycles. The molecular weight excluding hydrogens is 412 g/mol. The monoisotopic (exact) mass is 426 g/mol. The van der Waals surface area contributed by atoms with Gasteiger partial charge in [-0.1, -0.05) is 58.0 Å². The van der Waals surface area contributed by atoms with E-state index in [0.717, 1.165) is 21.3 Å². The maximum atomic E-state index is 5.58. The minimum atomic E-state index is 0.509. The molecule has 0 fully saturated rings. The SMILES string of the molecule is Cc1ccc(-n2[nH]cc(-c3nnn(Cc4ccc(Br)cc4)n3)c2=S)cc1. The van der Waals surface area contributed by atoms with Crippen molar-refractivity contribution in [1.82, 2.24) is 30.0 Å². The zero-order valence-electron chi connectivity index (χ0n) is 13.9. The van der Waals surface area contributed by atoms with E-state index >= 15 is 0 Å². The Morgan fingerprint density at radius 2 is 1.81 bits per heavy atom. The molecule has 130 valence electrons. The highest BCUT2D eigenvalue weighted by atomic mass is 79.9. The van der Waals surface area contributed by atoms with E-state index in [1.54, 1.807) is 4.80 Å². The lowest BCUT2D eigenvalue weighted by Gasteiger charge is -2.02. The number of benzene rings is 2. The van der Waals surface area contributed by atoms with Crippen molar-refractivity contribution in [3.05, 3.63) is 75.0 Å². The van der Waals surface area contributed by atoms with Gasteiger partial charge in [0.05, 0.1) is 17.8 Å². The van der Waals surface area contributed by atoms with E-state index in [2.05, 4.69) is 43.4 Å². The summed E-state index contributed by atoms with van der Waals surface area (Å²) in [6, 6.07) is 16.2. The van der Waals surface area contributed by atoms with Gasteiger partial charge in [-0.05, 0) is 42.0 Å². The summed E-state index contributed by atoms with van der Waals surface area (Å²) in [6.45, 7) is 2.60. The van der Waals surface area contributed by atoms with E-state index in [1.807, 2.05) is 59.4 Å². The van der Waals surface area contributed by atoms with E-state index in [0.29, 0.717) is 17.0 Å². The van der Waals surface area contributed by atoms with Crippen molar-refractivity contribution in [1.29, 1.82) is 0 Å². The largest absolute Gasteiger partial charge is 0.299 e. The molecule has 0 amide bonds. The molecule has 0 saturated carbocycles. The number of H-pyrrole nitrogens is 1. The third-order valence-electron chi connectivity index (χ3n) is 3.99. The number of rotatable bonds is 4. The van der Waals surface area contributed by atoms with Crippen LogP contribution in [0.3, 0.4) is 0 Å². The molecule has 4 rings (SSSR count). The first-order chi connectivity index (χ1) is 12.6. The number of nitrogens with zero attached hydrogens (tertiary/aromatic N) is 5. The summed E-state index contributed by atoms with van der Waals surface area (Å²) in [5.41, 5.74) is 4.01. The van der Waals surface area contributed by atoms with Crippen LogP contribution in [-0.4, -0.2) is 30.0 Å². The number of hydrogen-bond donors (Lipinski definition) is 1. The van der Waals surface area contributed by atoms with Crippen LogP contribution in [0.25, 0.3) is 17.1 Å². The van der Waals surface area contributed by atoms with Crippen LogP contribution < -0.4 is 0 Å². The minimum Gasteiger partial charge on any atom is -0.299 e. The molecule has 0 atom stereocenters. The van der Waals surface area contributed by atoms with Crippen molar-refractivity contribution in [3.8, 4) is 17.1 Å². The van der Waals surface area contributed by atoms with Gasteiger partial charge < -0.3 is 0 Å². The predicted molar refractivity (Wildman–Crippen MR) is 106 cm³/mol. The van der Waals surface area contributed by atoms with Gasteiger partial charge in [0.1, 0.15) is 4.64 Å². The van der Waals surface area contributed by atoms with Crippen molar-refractivity contribution in [2.45, 2.75) is 13.5 Å². The molecule has 2 aromatic heterocycles. The molecule has 2 aromatic carbocycles. The van der Waals surface area contributed by atoms with E-state index in [-0.39, 0.29) is 0 Å². The van der Waals surface area contributed by atoms with Gasteiger partial charge in [-0.25, -0.2) is 4.68 Å². The van der Waals surface area contributed by atoms with Gasteiger partial charge in [-0.2, -0.15) is 4.80 Å². The highest BCUT2D eigenvalue weighted by Crippen LogP contribution is 2.19. The van der Waals surface area contributed by atoms with Crippen LogP contribution in [0, 0.1) is 11.6 Å². The lowest BCUT2D eigenvalue weighted by Crippen LogP contribution is -2.03. The Balaban J connectivity index is 1.61. The molecule has 0 aliphatic rings. The number of tetrazole rings is 1. The second kappa shape index (κ2) is 6.97. The summed E-state index contributed by atoms with van der Waals surface area (Å²) >= 11 is 9.02. The fourth-order valence-electron chi connectivity index (χ4n) is 2.59. The first kappa shape index (κ1) is 16.9. The Morgan fingerprint density at radius 3 is 2.54 bits per heavy atom. The van der Waals surface area contributed by atoms with Gasteiger partial charge in [-0.3, -0.25) is 5.10 Å². The summed E-state index contributed by atoms with van der Waals surface area (Å²) in [4.78, 5) is 1.57. The Kier molecular flexibility index (Phi) is 4.52. The van der Waals surface area contributed by atoms with Crippen molar-refractivity contribution < 1.29 is 0 Å². The van der Waals surface area contributed by atoms with Crippen LogP contribution >= 0.6 is 28.1 Å². The standard InChI is InChI=1S/C18H15BrN6S/c1-12-2-8-15(9-3-12)25-18(26)16(10-20-25)17-21-23-24(22-17)11-13-4-6-14(19)7-5-13/h2-10,20H,11H2,1H3. The maximum Gasteiger partial charge on any atom is 0.209 e. The predicted octanol–water partition coefficient (Wildman–Crippen LogP) is 4.31. The molecular formula is C18H15BrN6S. The Hall–Kier alpha value is -2.58. The van der Waals surface area contributed by atoms with Crippen LogP contribution in [0.15, 0.2) is 59.2 Å². The second-order valence-electron chi connectivity index (χ2n) is 5.93. The van der Waals surface area contributed by atoms with Gasteiger partial charge >= 0.3 is 0 Å². The summed E-state index contributed by atoms with van der Waals surface area (Å²) < 4.78 is 3.49. The molecule has 26 heavy (non-hydrogen) atoms. The fraction of sp³-hybridized carbons (Fsp3) is 0.111. The number of aromatic nitrogens is 6. The summed E-state index contributed by atoms with van der Waals surface area (Å²) in [6.07, 6.45) is 1.81. The molecule has 0 spiro atoms. The highest BCUT2D eigenvalue weighted by molar-refractivity contribution is 9.10. The van der Waals surface area contributed by atoms with Gasteiger partial charge in [0.2, 0.25) is 5.82 Å². The summed E-state index contributed by atoms with van der Waals surface area (Å²) in [7, 11) is 0. The molecule has 0 saturated heterocycles. The van der Waals surface area contributed by atoms with Gasteiger partial charge in [0, 0.05) is 10.7 Å². The topological polar surface area (TPSA) is 64.3 Å². The molecule has 2 heterocycles. The second-order valence-corrected chi connectivity index (χ2v) is 7.24. The van der Waals surface area contributed by atoms with E-state index in [9.17, 15) is 0 Å². The van der Waals surface area contributed by atoms with E-state index < -0.39 is 0 Å². The number of hydrogen-bond acceptors (Lipinski definition) is 4. The average molecular weight is 427 g/mol. The third-order valence-corrected chi connectivity index (χ3v) is 4.93. The molecule has 0 unspecified atom stereocenters. The van der Waals surface area contributed by atoms with Crippen LogP contribution in [-0.2, 0) is 6.54 Å². The lowest BCUT2D eigenvalue weighted by molar-refractivity contribution is 0.573. The van der Waals surface area contributed by atoms with Gasteiger partial charge in [-0.15, -0.1) is 10.2 Å². The van der Waals surface area contributed by atoms with Gasteiger partial charge in [0.25, 0.3) is 0 Å². The normalized spacial score (nSPS) is 11.0. The van der Waals surface area contributed by atoms with Crippen molar-refractivity contribution in [2.75, 3.05) is 0 Å². The highest BCUT2D eigenvalue weighted by Gasteiger charge is 2.12. The Morgan fingerprint density at radius 1 is 1.08 bits per heavy atom. The van der Waals surface area contributed by atoms with E-state index in [1.165, 1.54) is 5.56 Å². The minimum absolute atomic E-state index is 0.509. The zero-order valence-corrected chi connectivity index (χ0v) is 16.3. The maximum absolute atomic E-state index is 5.58. The molecule has 4 aromatic rings. The lowest BCUT2D eigenvalue weighted by atomic mass is 10.2. The number of aryl methyl sites for hydroxylation is 1. The molecule has 1 N–H and O–H groups in total. The Labute approximate surface area is 163 Å². The number of nitrogens with one attached hydrogen (secondary N) is 1. The quantitative estimate of drug-likeness (QED) is 0.493. The fourth-order valence-corrected chi connectivity index (χ4v) is 3.16. The number of aromatic amines is 1.